The van der Waals surface area contributed by atoms with Crippen molar-refractivity contribution in [2.75, 3.05) is 27.4 Å². The molecule has 0 amide bonds. The summed E-state index contributed by atoms with van der Waals surface area (Å²) >= 11 is 0. The van der Waals surface area contributed by atoms with Crippen molar-refractivity contribution in [2.24, 2.45) is 33.5 Å². The Balaban J connectivity index is 1.75. The fraction of sp³-hybridized carbons (Fsp3) is 0.857. The van der Waals surface area contributed by atoms with E-state index in [2.05, 4.69) is 0 Å². The molecule has 0 aromatic rings. The minimum absolute atomic E-state index is 0.00708. The number of methoxy groups -OCH3 is 2. The van der Waals surface area contributed by atoms with Gasteiger partial charge in [-0.15, -0.1) is 0 Å². The minimum atomic E-state index is -0.578. The summed E-state index contributed by atoms with van der Waals surface area (Å²) in [5.74, 6) is 0.442. The quantitative estimate of drug-likeness (QED) is 0.542. The van der Waals surface area contributed by atoms with Crippen LogP contribution in [0.3, 0.4) is 0 Å². The molecule has 102 valence electrons. The smallest absolute Gasteiger partial charge is 0.321 e. The van der Waals surface area contributed by atoms with Gasteiger partial charge < -0.3 is 14.2 Å². The summed E-state index contributed by atoms with van der Waals surface area (Å²) in [4.78, 5) is 24.6. The Morgan fingerprint density at radius 3 is 2.05 bits per heavy atom. The van der Waals surface area contributed by atoms with Crippen LogP contribution in [-0.4, -0.2) is 39.4 Å². The normalized spacial score (nSPS) is 62.0. The second-order valence-electron chi connectivity index (χ2n) is 6.92. The SMILES string of the molecule is COCC12C3CC45C(=O)OC(=O)C4(CC31)C25COC. The molecule has 5 aliphatic rings. The van der Waals surface area contributed by atoms with Crippen molar-refractivity contribution in [2.45, 2.75) is 12.8 Å². The molecular weight excluding hydrogens is 248 g/mol. The molecule has 1 aliphatic heterocycles. The first-order valence-electron chi connectivity index (χ1n) is 6.85. The van der Waals surface area contributed by atoms with Crippen molar-refractivity contribution in [3.05, 3.63) is 0 Å². The minimum Gasteiger partial charge on any atom is -0.392 e. The molecular formula is C14H16O5. The van der Waals surface area contributed by atoms with Crippen LogP contribution in [0.15, 0.2) is 0 Å². The van der Waals surface area contributed by atoms with E-state index in [0.29, 0.717) is 25.0 Å². The van der Waals surface area contributed by atoms with Crippen LogP contribution < -0.4 is 0 Å². The van der Waals surface area contributed by atoms with Crippen LogP contribution in [0.25, 0.3) is 0 Å². The van der Waals surface area contributed by atoms with E-state index in [0.717, 1.165) is 12.8 Å². The first kappa shape index (κ1) is 10.8. The number of hydrogen-bond acceptors (Lipinski definition) is 5. The van der Waals surface area contributed by atoms with E-state index in [9.17, 15) is 9.59 Å². The van der Waals surface area contributed by atoms with Crippen molar-refractivity contribution in [1.29, 1.82) is 0 Å². The van der Waals surface area contributed by atoms with E-state index in [4.69, 9.17) is 14.2 Å². The molecule has 5 heteroatoms. The van der Waals surface area contributed by atoms with Gasteiger partial charge in [-0.1, -0.05) is 0 Å². The van der Waals surface area contributed by atoms with E-state index in [1.54, 1.807) is 14.2 Å². The summed E-state index contributed by atoms with van der Waals surface area (Å²) in [5, 5.41) is 0. The van der Waals surface area contributed by atoms with Crippen molar-refractivity contribution in [3.8, 4) is 0 Å². The molecule has 5 rings (SSSR count). The van der Waals surface area contributed by atoms with Gasteiger partial charge in [-0.05, 0) is 24.7 Å². The third-order valence-corrected chi connectivity index (χ3v) is 7.30. The number of ether oxygens (including phenoxy) is 3. The van der Waals surface area contributed by atoms with E-state index in [1.807, 2.05) is 0 Å². The molecule has 19 heavy (non-hydrogen) atoms. The number of carbonyl (C=O) groups excluding carboxylic acids is 2. The number of cyclic esters (lactones) is 2. The first-order valence-corrected chi connectivity index (χ1v) is 6.85. The van der Waals surface area contributed by atoms with Crippen molar-refractivity contribution in [1.82, 2.24) is 0 Å². The molecule has 5 fully saturated rings. The predicted octanol–water partition coefficient (Wildman–Crippen LogP) is 0.375. The van der Waals surface area contributed by atoms with Crippen LogP contribution in [0.4, 0.5) is 0 Å². The molecule has 0 aromatic heterocycles. The summed E-state index contributed by atoms with van der Waals surface area (Å²) < 4.78 is 15.9. The van der Waals surface area contributed by atoms with Gasteiger partial charge in [0.05, 0.1) is 24.0 Å². The van der Waals surface area contributed by atoms with Crippen LogP contribution in [-0.2, 0) is 23.8 Å². The Bertz CT molecular complexity index is 518. The lowest BCUT2D eigenvalue weighted by Gasteiger charge is -2.28. The van der Waals surface area contributed by atoms with Gasteiger partial charge in [0.25, 0.3) is 0 Å². The molecule has 4 aliphatic carbocycles. The van der Waals surface area contributed by atoms with Gasteiger partial charge >= 0.3 is 11.9 Å². The van der Waals surface area contributed by atoms with Crippen LogP contribution in [0.5, 0.6) is 0 Å². The highest BCUT2D eigenvalue weighted by molar-refractivity contribution is 6.11. The van der Waals surface area contributed by atoms with E-state index < -0.39 is 10.8 Å². The average molecular weight is 264 g/mol. The maximum absolute atomic E-state index is 12.3. The summed E-state index contributed by atoms with van der Waals surface area (Å²) in [6.45, 7) is 1.11. The Labute approximate surface area is 110 Å². The van der Waals surface area contributed by atoms with Gasteiger partial charge in [0.15, 0.2) is 0 Å². The molecule has 4 atom stereocenters. The van der Waals surface area contributed by atoms with Crippen LogP contribution in [0.1, 0.15) is 12.8 Å². The lowest BCUT2D eigenvalue weighted by Crippen LogP contribution is -2.37. The lowest BCUT2D eigenvalue weighted by atomic mass is 9.81. The van der Waals surface area contributed by atoms with E-state index >= 15 is 0 Å². The van der Waals surface area contributed by atoms with Crippen LogP contribution in [0, 0.1) is 33.5 Å². The lowest BCUT2D eigenvalue weighted by molar-refractivity contribution is -0.163. The van der Waals surface area contributed by atoms with Gasteiger partial charge in [-0.25, -0.2) is 0 Å². The third-order valence-electron chi connectivity index (χ3n) is 7.30. The fourth-order valence-electron chi connectivity index (χ4n) is 7.11. The van der Waals surface area contributed by atoms with Gasteiger partial charge in [-0.3, -0.25) is 9.59 Å². The topological polar surface area (TPSA) is 61.8 Å². The molecule has 0 bridgehead atoms. The largest absolute Gasteiger partial charge is 0.392 e. The number of fused-ring (bicyclic) bond motifs is 1. The summed E-state index contributed by atoms with van der Waals surface area (Å²) in [6, 6.07) is 0. The molecule has 0 aromatic carbocycles. The Morgan fingerprint density at radius 1 is 1.05 bits per heavy atom. The molecule has 1 heterocycles. The summed E-state index contributed by atoms with van der Waals surface area (Å²) in [5.41, 5.74) is -1.50. The van der Waals surface area contributed by atoms with Gasteiger partial charge in [0.2, 0.25) is 0 Å². The second-order valence-corrected chi connectivity index (χ2v) is 6.92. The molecule has 0 radical (unpaired) electrons. The number of esters is 2. The molecule has 4 saturated carbocycles. The van der Waals surface area contributed by atoms with Crippen molar-refractivity contribution in [3.63, 3.8) is 0 Å². The highest BCUT2D eigenvalue weighted by atomic mass is 16.6. The van der Waals surface area contributed by atoms with Gasteiger partial charge in [-0.2, -0.15) is 0 Å². The maximum atomic E-state index is 12.3. The number of rotatable bonds is 4. The molecule has 1 saturated heterocycles. The highest BCUT2D eigenvalue weighted by Gasteiger charge is 3.13. The predicted molar refractivity (Wildman–Crippen MR) is 60.8 cm³/mol. The second kappa shape index (κ2) is 2.49. The zero-order chi connectivity index (χ0) is 13.3. The van der Waals surface area contributed by atoms with Crippen molar-refractivity contribution >= 4 is 11.9 Å². The Kier molecular flexibility index (Phi) is 1.41. The summed E-state index contributed by atoms with van der Waals surface area (Å²) in [7, 11) is 3.35. The molecule has 5 nitrogen and oxygen atoms in total. The number of carbonyl (C=O) groups is 2. The fourth-order valence-corrected chi connectivity index (χ4v) is 7.11. The number of hydrogen-bond donors (Lipinski definition) is 0. The highest BCUT2D eigenvalue weighted by Crippen LogP contribution is 3.08. The van der Waals surface area contributed by atoms with Crippen LogP contribution in [0.2, 0.25) is 0 Å². The molecule has 2 spiro atoms. The van der Waals surface area contributed by atoms with Gasteiger partial charge in [0.1, 0.15) is 0 Å². The van der Waals surface area contributed by atoms with Crippen LogP contribution >= 0.6 is 0 Å². The Hall–Kier alpha value is -0.940. The monoisotopic (exact) mass is 264 g/mol. The maximum Gasteiger partial charge on any atom is 0.321 e. The molecule has 0 N–H and O–H groups in total. The molecule has 4 unspecified atom stereocenters. The zero-order valence-electron chi connectivity index (χ0n) is 11.0. The standard InChI is InChI=1S/C14H16O5/c1-17-5-11-7-3-12-9(15)19-10(16)13(12,4-8(7)11)14(11,12)6-18-2/h7-8H,3-6H2,1-2H3. The van der Waals surface area contributed by atoms with E-state index in [-0.39, 0.29) is 22.8 Å². The first-order chi connectivity index (χ1) is 9.10. The van der Waals surface area contributed by atoms with E-state index in [1.165, 1.54) is 0 Å². The third kappa shape index (κ3) is 0.589. The average Bonchev–Trinajstić information content (AvgIpc) is 3.04. The Morgan fingerprint density at radius 2 is 1.58 bits per heavy atom. The zero-order valence-corrected chi connectivity index (χ0v) is 11.0. The van der Waals surface area contributed by atoms with Gasteiger partial charge in [0, 0.05) is 25.0 Å². The van der Waals surface area contributed by atoms with Crippen molar-refractivity contribution < 1.29 is 23.8 Å². The summed E-state index contributed by atoms with van der Waals surface area (Å²) in [6.07, 6.45) is 1.60.